The van der Waals surface area contributed by atoms with Crippen LogP contribution in [0.25, 0.3) is 0 Å². The highest BCUT2D eigenvalue weighted by molar-refractivity contribution is 9.10. The Morgan fingerprint density at radius 1 is 1.23 bits per heavy atom. The Morgan fingerprint density at radius 3 is 2.67 bits per heavy atom. The number of amides is 2. The zero-order valence-electron chi connectivity index (χ0n) is 15.6. The molecule has 2 aromatic carbocycles. The van der Waals surface area contributed by atoms with E-state index in [1.165, 1.54) is 24.5 Å². The van der Waals surface area contributed by atoms with Crippen LogP contribution in [0, 0.1) is 5.82 Å². The van der Waals surface area contributed by atoms with Gasteiger partial charge in [0.15, 0.2) is 0 Å². The van der Waals surface area contributed by atoms with Crippen molar-refractivity contribution < 1.29 is 23.9 Å². The molecule has 0 radical (unpaired) electrons. The van der Waals surface area contributed by atoms with Gasteiger partial charge in [-0.05, 0) is 42.0 Å². The Kier molecular flexibility index (Phi) is 8.29. The lowest BCUT2D eigenvalue weighted by Gasteiger charge is -2.18. The second-order valence-corrected chi connectivity index (χ2v) is 7.02. The van der Waals surface area contributed by atoms with Crippen LogP contribution in [0.2, 0.25) is 0 Å². The van der Waals surface area contributed by atoms with Gasteiger partial charge >= 0.3 is 5.97 Å². The maximum absolute atomic E-state index is 13.6. The third-order valence-electron chi connectivity index (χ3n) is 3.84. The first-order valence-electron chi connectivity index (χ1n) is 8.62. The Hall–Kier alpha value is -3.47. The number of carbonyl (C=O) groups excluding carboxylic acids is 2. The van der Waals surface area contributed by atoms with Crippen molar-refractivity contribution in [1.29, 1.82) is 0 Å². The molecule has 0 fully saturated rings. The minimum atomic E-state index is -1.17. The molecule has 0 saturated heterocycles. The summed E-state index contributed by atoms with van der Waals surface area (Å²) in [5, 5.41) is 20.1. The van der Waals surface area contributed by atoms with Crippen molar-refractivity contribution >= 4 is 45.7 Å². The quantitative estimate of drug-likeness (QED) is 0.161. The molecule has 1 atom stereocenters. The van der Waals surface area contributed by atoms with Crippen LogP contribution in [0.4, 0.5) is 10.1 Å². The largest absolute Gasteiger partial charge is 0.481 e. The highest BCUT2D eigenvalue weighted by atomic mass is 79.9. The number of carboxylic acid groups (broad SMARTS) is 1. The zero-order chi connectivity index (χ0) is 22.1. The summed E-state index contributed by atoms with van der Waals surface area (Å²) in [5.41, 5.74) is 1.14. The van der Waals surface area contributed by atoms with Crippen LogP contribution in [-0.4, -0.2) is 35.8 Å². The number of hydrazone groups is 1. The van der Waals surface area contributed by atoms with Gasteiger partial charge in [0, 0.05) is 15.7 Å². The second-order valence-electron chi connectivity index (χ2n) is 6.11. The second kappa shape index (κ2) is 10.9. The van der Waals surface area contributed by atoms with E-state index in [9.17, 15) is 18.8 Å². The molecule has 2 rings (SSSR count). The number of nitrogens with one attached hydrogen (secondary N) is 3. The number of nitrogens with zero attached hydrogens (tertiary/aromatic N) is 1. The van der Waals surface area contributed by atoms with E-state index in [2.05, 4.69) is 37.0 Å². The fourth-order valence-electron chi connectivity index (χ4n) is 2.57. The summed E-state index contributed by atoms with van der Waals surface area (Å²) in [6, 6.07) is 9.31. The summed E-state index contributed by atoms with van der Waals surface area (Å²) in [5.74, 6) is 2.12. The fourth-order valence-corrected chi connectivity index (χ4v) is 3.06. The lowest BCUT2D eigenvalue weighted by molar-refractivity contribution is -0.137. The van der Waals surface area contributed by atoms with Crippen LogP contribution in [0.1, 0.15) is 28.4 Å². The molecule has 0 aromatic heterocycles. The normalized spacial score (nSPS) is 11.7. The lowest BCUT2D eigenvalue weighted by atomic mass is 10.0. The molecular weight excluding hydrogens is 461 g/mol. The van der Waals surface area contributed by atoms with E-state index >= 15 is 0 Å². The van der Waals surface area contributed by atoms with Gasteiger partial charge in [-0.15, -0.1) is 0 Å². The molecular formula is C19H19BrFN5O4. The number of anilines is 1. The average Bonchev–Trinajstić information content (AvgIpc) is 2.69. The van der Waals surface area contributed by atoms with Crippen molar-refractivity contribution in [1.82, 2.24) is 10.6 Å². The van der Waals surface area contributed by atoms with E-state index in [0.29, 0.717) is 10.2 Å². The van der Waals surface area contributed by atoms with Crippen LogP contribution < -0.4 is 21.8 Å². The van der Waals surface area contributed by atoms with Crippen molar-refractivity contribution in [2.24, 2.45) is 10.9 Å². The number of aliphatic carboxylic acids is 1. The Labute approximate surface area is 179 Å². The standard InChI is InChI=1S/C19H19BrFN5O4/c20-13-4-12(5-14(21)7-13)16(8-18(28)29)26-17(27)9-23-19(30)11-2-1-3-15(6-11)24-10-25-22/h1-7,10,16H,8-9,22H2,(H,23,30)(H,24,25)(H,26,27)(H,28,29). The molecule has 158 valence electrons. The maximum Gasteiger partial charge on any atom is 0.305 e. The predicted molar refractivity (Wildman–Crippen MR) is 112 cm³/mol. The first-order chi connectivity index (χ1) is 14.3. The first kappa shape index (κ1) is 22.8. The van der Waals surface area contributed by atoms with Crippen molar-refractivity contribution in [3.8, 4) is 0 Å². The SMILES string of the molecule is NN=CNc1cccc(C(=O)NCC(=O)NC(CC(=O)O)c2cc(F)cc(Br)c2)c1. The summed E-state index contributed by atoms with van der Waals surface area (Å²) in [7, 11) is 0. The van der Waals surface area contributed by atoms with Gasteiger partial charge in [0.1, 0.15) is 12.2 Å². The van der Waals surface area contributed by atoms with E-state index in [-0.39, 0.29) is 11.1 Å². The number of nitrogens with two attached hydrogens (primary N) is 1. The third kappa shape index (κ3) is 7.17. The first-order valence-corrected chi connectivity index (χ1v) is 9.41. The van der Waals surface area contributed by atoms with Gasteiger partial charge in [-0.25, -0.2) is 4.39 Å². The van der Waals surface area contributed by atoms with Crippen LogP contribution in [0.5, 0.6) is 0 Å². The molecule has 2 amide bonds. The Morgan fingerprint density at radius 2 is 2.00 bits per heavy atom. The summed E-state index contributed by atoms with van der Waals surface area (Å²) in [6.07, 6.45) is 0.795. The van der Waals surface area contributed by atoms with E-state index in [4.69, 9.17) is 10.9 Å². The number of rotatable bonds is 9. The van der Waals surface area contributed by atoms with Crippen LogP contribution >= 0.6 is 15.9 Å². The molecule has 1 unspecified atom stereocenters. The highest BCUT2D eigenvalue weighted by Crippen LogP contribution is 2.22. The number of carboxylic acids is 1. The molecule has 0 saturated carbocycles. The summed E-state index contributed by atoms with van der Waals surface area (Å²) >= 11 is 3.13. The van der Waals surface area contributed by atoms with Crippen LogP contribution in [-0.2, 0) is 9.59 Å². The van der Waals surface area contributed by atoms with Gasteiger partial charge in [-0.1, -0.05) is 22.0 Å². The summed E-state index contributed by atoms with van der Waals surface area (Å²) in [6.45, 7) is -0.395. The van der Waals surface area contributed by atoms with Crippen molar-refractivity contribution in [3.05, 3.63) is 63.9 Å². The Bertz CT molecular complexity index is 949. The van der Waals surface area contributed by atoms with Gasteiger partial charge in [0.25, 0.3) is 5.91 Å². The van der Waals surface area contributed by atoms with Crippen molar-refractivity contribution in [2.75, 3.05) is 11.9 Å². The molecule has 11 heteroatoms. The molecule has 6 N–H and O–H groups in total. The van der Waals surface area contributed by atoms with Gasteiger partial charge in [-0.2, -0.15) is 5.10 Å². The minimum absolute atomic E-state index is 0.282. The van der Waals surface area contributed by atoms with E-state index < -0.39 is 42.6 Å². The predicted octanol–water partition coefficient (Wildman–Crippen LogP) is 1.96. The van der Waals surface area contributed by atoms with E-state index in [1.807, 2.05) is 0 Å². The molecule has 0 spiro atoms. The summed E-state index contributed by atoms with van der Waals surface area (Å²) in [4.78, 5) is 35.7. The van der Waals surface area contributed by atoms with Gasteiger partial charge in [0.2, 0.25) is 5.91 Å². The minimum Gasteiger partial charge on any atom is -0.481 e. The number of hydrogen-bond acceptors (Lipinski definition) is 5. The molecule has 2 aromatic rings. The molecule has 30 heavy (non-hydrogen) atoms. The molecule has 0 aliphatic heterocycles. The fraction of sp³-hybridized carbons (Fsp3) is 0.158. The monoisotopic (exact) mass is 479 g/mol. The third-order valence-corrected chi connectivity index (χ3v) is 4.30. The van der Waals surface area contributed by atoms with E-state index in [0.717, 1.165) is 6.07 Å². The topological polar surface area (TPSA) is 146 Å². The molecule has 0 heterocycles. The lowest BCUT2D eigenvalue weighted by Crippen LogP contribution is -2.39. The van der Waals surface area contributed by atoms with E-state index in [1.54, 1.807) is 18.2 Å². The Balaban J connectivity index is 2.01. The van der Waals surface area contributed by atoms with Crippen LogP contribution in [0.15, 0.2) is 52.0 Å². The average molecular weight is 480 g/mol. The van der Waals surface area contributed by atoms with Crippen molar-refractivity contribution in [2.45, 2.75) is 12.5 Å². The molecule has 0 aliphatic rings. The number of hydrogen-bond donors (Lipinski definition) is 5. The maximum atomic E-state index is 13.6. The van der Waals surface area contributed by atoms with Gasteiger partial charge in [0.05, 0.1) is 19.0 Å². The number of benzene rings is 2. The smallest absolute Gasteiger partial charge is 0.305 e. The zero-order valence-corrected chi connectivity index (χ0v) is 17.1. The summed E-state index contributed by atoms with van der Waals surface area (Å²) < 4.78 is 14.1. The van der Waals surface area contributed by atoms with Crippen molar-refractivity contribution in [3.63, 3.8) is 0 Å². The molecule has 9 nitrogen and oxygen atoms in total. The molecule has 0 bridgehead atoms. The number of halogens is 2. The van der Waals surface area contributed by atoms with Gasteiger partial charge in [-0.3, -0.25) is 14.4 Å². The molecule has 0 aliphatic carbocycles. The highest BCUT2D eigenvalue weighted by Gasteiger charge is 2.20. The van der Waals surface area contributed by atoms with Crippen LogP contribution in [0.3, 0.4) is 0 Å². The van der Waals surface area contributed by atoms with Gasteiger partial charge < -0.3 is 26.9 Å². The number of carbonyl (C=O) groups is 3.